The van der Waals surface area contributed by atoms with Gasteiger partial charge in [-0.25, -0.2) is 4.79 Å². The largest absolute Gasteiger partial charge is 0.444 e. The molecular weight excluding hydrogens is 322 g/mol. The Morgan fingerprint density at radius 3 is 2.38 bits per heavy atom. The summed E-state index contributed by atoms with van der Waals surface area (Å²) in [6.07, 6.45) is 6.09. The smallest absolute Gasteiger partial charge is 0.410 e. The first-order chi connectivity index (χ1) is 12.4. The molecule has 2 aromatic carbocycles. The summed E-state index contributed by atoms with van der Waals surface area (Å²) in [6.45, 7) is 6.51. The predicted molar refractivity (Wildman–Crippen MR) is 107 cm³/mol. The Labute approximate surface area is 156 Å². The van der Waals surface area contributed by atoms with Crippen LogP contribution >= 0.6 is 0 Å². The molecule has 1 amide bonds. The summed E-state index contributed by atoms with van der Waals surface area (Å²) in [5, 5.41) is 0. The molecule has 136 valence electrons. The molecule has 1 saturated heterocycles. The van der Waals surface area contributed by atoms with E-state index in [1.54, 1.807) is 4.90 Å². The molecule has 0 bridgehead atoms. The second-order valence-corrected chi connectivity index (χ2v) is 7.75. The highest BCUT2D eigenvalue weighted by Gasteiger charge is 2.40. The molecule has 0 aliphatic carbocycles. The summed E-state index contributed by atoms with van der Waals surface area (Å²) in [5.74, 6) is 0. The van der Waals surface area contributed by atoms with Gasteiger partial charge in [0, 0.05) is 6.54 Å². The van der Waals surface area contributed by atoms with Crippen LogP contribution in [-0.4, -0.2) is 29.2 Å². The van der Waals surface area contributed by atoms with Crippen molar-refractivity contribution in [1.82, 2.24) is 4.90 Å². The maximum absolute atomic E-state index is 11.9. The van der Waals surface area contributed by atoms with Crippen molar-refractivity contribution in [3.63, 3.8) is 0 Å². The number of nitrogens with zero attached hydrogens (tertiary/aromatic N) is 1. The van der Waals surface area contributed by atoms with Crippen LogP contribution in [0.4, 0.5) is 4.79 Å². The molecule has 3 nitrogen and oxygen atoms in total. The fraction of sp³-hybridized carbons (Fsp3) is 0.348. The average Bonchev–Trinajstić information content (AvgIpc) is 3.38. The minimum absolute atomic E-state index is 0.192. The van der Waals surface area contributed by atoms with E-state index in [0.717, 1.165) is 19.4 Å². The van der Waals surface area contributed by atoms with Crippen LogP contribution in [0.3, 0.4) is 0 Å². The second-order valence-electron chi connectivity index (χ2n) is 7.75. The van der Waals surface area contributed by atoms with E-state index in [0.29, 0.717) is 6.04 Å². The minimum Gasteiger partial charge on any atom is -0.444 e. The highest BCUT2D eigenvalue weighted by Crippen LogP contribution is 2.26. The van der Waals surface area contributed by atoms with Crippen molar-refractivity contribution in [2.75, 3.05) is 6.54 Å². The van der Waals surface area contributed by atoms with Crippen LogP contribution in [-0.2, 0) is 4.74 Å². The van der Waals surface area contributed by atoms with Gasteiger partial charge in [-0.15, -0.1) is 0 Å². The number of hydrogen-bond acceptors (Lipinski definition) is 2. The van der Waals surface area contributed by atoms with Gasteiger partial charge in [-0.3, -0.25) is 0 Å². The van der Waals surface area contributed by atoms with E-state index in [-0.39, 0.29) is 6.09 Å². The number of amides is 1. The van der Waals surface area contributed by atoms with Crippen molar-refractivity contribution in [3.05, 3.63) is 66.2 Å². The van der Waals surface area contributed by atoms with Gasteiger partial charge in [-0.1, -0.05) is 66.7 Å². The van der Waals surface area contributed by atoms with Crippen LogP contribution < -0.4 is 0 Å². The topological polar surface area (TPSA) is 29.3 Å². The van der Waals surface area contributed by atoms with Crippen LogP contribution in [0.5, 0.6) is 0 Å². The van der Waals surface area contributed by atoms with E-state index in [1.807, 2.05) is 26.8 Å². The number of carbonyl (C=O) groups excluding carboxylic acids is 1. The first-order valence-electron chi connectivity index (χ1n) is 9.24. The molecule has 3 rings (SSSR count). The van der Waals surface area contributed by atoms with Crippen molar-refractivity contribution in [2.24, 2.45) is 0 Å². The van der Waals surface area contributed by atoms with Crippen LogP contribution in [0.2, 0.25) is 0 Å². The molecule has 1 atom stereocenters. The molecule has 0 saturated carbocycles. The predicted octanol–water partition coefficient (Wildman–Crippen LogP) is 5.77. The lowest BCUT2D eigenvalue weighted by molar-refractivity contribution is 0.0406. The van der Waals surface area contributed by atoms with E-state index < -0.39 is 5.60 Å². The summed E-state index contributed by atoms with van der Waals surface area (Å²) in [4.78, 5) is 13.7. The van der Waals surface area contributed by atoms with Crippen molar-refractivity contribution in [2.45, 2.75) is 45.3 Å². The molecule has 0 unspecified atom stereocenters. The van der Waals surface area contributed by atoms with Gasteiger partial charge in [0.15, 0.2) is 0 Å². The summed E-state index contributed by atoms with van der Waals surface area (Å²) in [5.41, 5.74) is 3.24. The van der Waals surface area contributed by atoms with Crippen LogP contribution in [0.15, 0.2) is 60.7 Å². The number of ether oxygens (including phenoxy) is 1. The molecule has 1 aliphatic rings. The normalized spacial score (nSPS) is 16.7. The summed E-state index contributed by atoms with van der Waals surface area (Å²) in [7, 11) is 0. The Balaban J connectivity index is 1.43. The Hall–Kier alpha value is -2.55. The van der Waals surface area contributed by atoms with Gasteiger partial charge in [0.1, 0.15) is 5.60 Å². The Kier molecular flexibility index (Phi) is 5.46. The number of hydrogen-bond donors (Lipinski definition) is 0. The Bertz CT molecular complexity index is 757. The molecule has 0 radical (unpaired) electrons. The van der Waals surface area contributed by atoms with E-state index in [1.165, 1.54) is 16.7 Å². The monoisotopic (exact) mass is 349 g/mol. The fourth-order valence-corrected chi connectivity index (χ4v) is 2.90. The Morgan fingerprint density at radius 2 is 1.73 bits per heavy atom. The lowest BCUT2D eigenvalue weighted by Gasteiger charge is -2.19. The summed E-state index contributed by atoms with van der Waals surface area (Å²) >= 11 is 0. The third-order valence-corrected chi connectivity index (χ3v) is 4.34. The second kappa shape index (κ2) is 7.77. The van der Waals surface area contributed by atoms with Crippen molar-refractivity contribution < 1.29 is 9.53 Å². The lowest BCUT2D eigenvalue weighted by Crippen LogP contribution is -2.27. The van der Waals surface area contributed by atoms with E-state index in [2.05, 4.69) is 60.7 Å². The highest BCUT2D eigenvalue weighted by atomic mass is 16.6. The quantitative estimate of drug-likeness (QED) is 0.642. The van der Waals surface area contributed by atoms with Gasteiger partial charge < -0.3 is 9.64 Å². The Morgan fingerprint density at radius 1 is 1.08 bits per heavy atom. The molecule has 3 heteroatoms. The zero-order valence-corrected chi connectivity index (χ0v) is 15.8. The zero-order valence-electron chi connectivity index (χ0n) is 15.8. The molecule has 2 aromatic rings. The molecule has 1 heterocycles. The number of allylic oxidation sites excluding steroid dienone is 1. The molecule has 1 fully saturated rings. The molecular formula is C23H27NO2. The standard InChI is InChI=1S/C23H27NO2/c1-23(2,3)26-22(25)24-17-21(24)12-8-7-9-18-13-15-20(16-14-18)19-10-5-4-6-11-19/h4-7,9-11,13-16,21H,8,12,17H2,1-3H3/b9-7+/t21-,24?/m0/s1. The van der Waals surface area contributed by atoms with Gasteiger partial charge in [0.25, 0.3) is 0 Å². The maximum Gasteiger partial charge on any atom is 0.410 e. The summed E-state index contributed by atoms with van der Waals surface area (Å²) in [6, 6.07) is 19.3. The summed E-state index contributed by atoms with van der Waals surface area (Å²) < 4.78 is 5.38. The van der Waals surface area contributed by atoms with Gasteiger partial charge in [0.2, 0.25) is 0 Å². The lowest BCUT2D eigenvalue weighted by atomic mass is 10.0. The molecule has 1 aliphatic heterocycles. The molecule has 0 aromatic heterocycles. The van der Waals surface area contributed by atoms with Gasteiger partial charge >= 0.3 is 6.09 Å². The van der Waals surface area contributed by atoms with E-state index >= 15 is 0 Å². The average molecular weight is 349 g/mol. The van der Waals surface area contributed by atoms with Crippen molar-refractivity contribution in [1.29, 1.82) is 0 Å². The van der Waals surface area contributed by atoms with Crippen LogP contribution in [0, 0.1) is 0 Å². The van der Waals surface area contributed by atoms with E-state index in [9.17, 15) is 4.79 Å². The fourth-order valence-electron chi connectivity index (χ4n) is 2.90. The van der Waals surface area contributed by atoms with Crippen LogP contribution in [0.1, 0.15) is 39.2 Å². The number of rotatable bonds is 5. The minimum atomic E-state index is -0.421. The molecule has 26 heavy (non-hydrogen) atoms. The van der Waals surface area contributed by atoms with Gasteiger partial charge in [-0.2, -0.15) is 0 Å². The third-order valence-electron chi connectivity index (χ3n) is 4.34. The van der Waals surface area contributed by atoms with E-state index in [4.69, 9.17) is 4.74 Å². The van der Waals surface area contributed by atoms with Crippen LogP contribution in [0.25, 0.3) is 17.2 Å². The zero-order chi connectivity index (χ0) is 18.6. The molecule has 0 N–H and O–H groups in total. The SMILES string of the molecule is CC(C)(C)OC(=O)N1C[C@@H]1CC/C=C/c1ccc(-c2ccccc2)cc1. The third kappa shape index (κ3) is 5.22. The molecule has 0 spiro atoms. The van der Waals surface area contributed by atoms with Gasteiger partial charge in [0.05, 0.1) is 6.04 Å². The highest BCUT2D eigenvalue weighted by molar-refractivity contribution is 5.71. The first-order valence-corrected chi connectivity index (χ1v) is 9.24. The first kappa shape index (κ1) is 18.2. The maximum atomic E-state index is 11.9. The number of benzene rings is 2. The van der Waals surface area contributed by atoms with Gasteiger partial charge in [-0.05, 0) is 50.3 Å². The van der Waals surface area contributed by atoms with Crippen molar-refractivity contribution >= 4 is 12.2 Å². The number of carbonyl (C=O) groups is 1. The van der Waals surface area contributed by atoms with Crippen molar-refractivity contribution in [3.8, 4) is 11.1 Å².